The van der Waals surface area contributed by atoms with Crippen LogP contribution in [0.5, 0.6) is 5.75 Å². The predicted molar refractivity (Wildman–Crippen MR) is 95.7 cm³/mol. The van der Waals surface area contributed by atoms with E-state index in [1.165, 1.54) is 5.56 Å². The third-order valence-corrected chi connectivity index (χ3v) is 4.91. The first-order valence-corrected chi connectivity index (χ1v) is 8.03. The van der Waals surface area contributed by atoms with Crippen molar-refractivity contribution in [2.45, 2.75) is 12.5 Å². The highest BCUT2D eigenvalue weighted by Crippen LogP contribution is 2.42. The molecule has 2 aromatic rings. The fourth-order valence-corrected chi connectivity index (χ4v) is 3.77. The second-order valence-electron chi connectivity index (χ2n) is 6.47. The van der Waals surface area contributed by atoms with Crippen LogP contribution in [-0.4, -0.2) is 30.5 Å². The second kappa shape index (κ2) is 6.83. The first kappa shape index (κ1) is 16.8. The molecule has 0 radical (unpaired) electrons. The van der Waals surface area contributed by atoms with Gasteiger partial charge in [-0.2, -0.15) is 0 Å². The first-order chi connectivity index (χ1) is 11.2. The van der Waals surface area contributed by atoms with Crippen LogP contribution in [0, 0.1) is 5.92 Å². The number of halogens is 1. The van der Waals surface area contributed by atoms with Crippen LogP contribution in [0.4, 0.5) is 0 Å². The zero-order valence-electron chi connectivity index (χ0n) is 13.4. The molecule has 0 aromatic heterocycles. The van der Waals surface area contributed by atoms with E-state index >= 15 is 0 Å². The van der Waals surface area contributed by atoms with E-state index in [0.717, 1.165) is 37.6 Å². The van der Waals surface area contributed by atoms with E-state index < -0.39 is 0 Å². The van der Waals surface area contributed by atoms with Crippen molar-refractivity contribution in [3.63, 3.8) is 0 Å². The van der Waals surface area contributed by atoms with E-state index in [-0.39, 0.29) is 18.3 Å². The van der Waals surface area contributed by atoms with Gasteiger partial charge in [-0.1, -0.05) is 30.3 Å². The van der Waals surface area contributed by atoms with Gasteiger partial charge in [-0.3, -0.25) is 9.69 Å². The number of hydrogen-bond donors (Lipinski definition) is 1. The molecule has 2 N–H and O–H groups in total. The Kier molecular flexibility index (Phi) is 4.78. The van der Waals surface area contributed by atoms with Gasteiger partial charge in [-0.25, -0.2) is 0 Å². The average Bonchev–Trinajstić information content (AvgIpc) is 2.98. The number of nitrogens with two attached hydrogens (primary N) is 1. The summed E-state index contributed by atoms with van der Waals surface area (Å²) in [4.78, 5) is 13.9. The molecule has 126 valence electrons. The standard InChI is InChI=1S/C19H20N2O2.ClH/c20-19(22)14-6-7-18-16(8-14)17-11-21(10-15(17)12-23-18)9-13-4-2-1-3-5-13;/h1-8,15,17H,9-12H2,(H2,20,22);1H. The van der Waals surface area contributed by atoms with Crippen LogP contribution < -0.4 is 10.5 Å². The molecule has 2 unspecified atom stereocenters. The molecule has 0 saturated carbocycles. The molecule has 4 rings (SSSR count). The molecule has 2 aliphatic rings. The lowest BCUT2D eigenvalue weighted by atomic mass is 9.86. The number of nitrogens with zero attached hydrogens (tertiary/aromatic N) is 1. The van der Waals surface area contributed by atoms with Crippen LogP contribution in [0.2, 0.25) is 0 Å². The number of carbonyl (C=O) groups is 1. The van der Waals surface area contributed by atoms with Crippen molar-refractivity contribution in [1.82, 2.24) is 4.90 Å². The highest BCUT2D eigenvalue weighted by atomic mass is 35.5. The number of amides is 1. The first-order valence-electron chi connectivity index (χ1n) is 8.03. The summed E-state index contributed by atoms with van der Waals surface area (Å²) in [6.45, 7) is 3.73. The molecule has 1 amide bonds. The summed E-state index contributed by atoms with van der Waals surface area (Å²) < 4.78 is 5.89. The van der Waals surface area contributed by atoms with Gasteiger partial charge < -0.3 is 10.5 Å². The van der Waals surface area contributed by atoms with Gasteiger partial charge in [0.25, 0.3) is 0 Å². The maximum atomic E-state index is 11.5. The summed E-state index contributed by atoms with van der Waals surface area (Å²) in [5, 5.41) is 0. The van der Waals surface area contributed by atoms with Gasteiger partial charge in [0.05, 0.1) is 6.61 Å². The summed E-state index contributed by atoms with van der Waals surface area (Å²) in [6.07, 6.45) is 0. The largest absolute Gasteiger partial charge is 0.493 e. The van der Waals surface area contributed by atoms with Crippen molar-refractivity contribution in [3.8, 4) is 5.75 Å². The summed E-state index contributed by atoms with van der Waals surface area (Å²) in [5.74, 6) is 1.42. The number of primary amides is 1. The molecule has 2 aliphatic heterocycles. The Morgan fingerprint density at radius 1 is 1.17 bits per heavy atom. The molecule has 0 bridgehead atoms. The minimum absolute atomic E-state index is 0. The SMILES string of the molecule is Cl.NC(=O)c1ccc2c(c1)C1CN(Cc3ccccc3)CC1CO2. The molecule has 1 fully saturated rings. The number of likely N-dealkylation sites (tertiary alicyclic amines) is 1. The van der Waals surface area contributed by atoms with Gasteiger partial charge in [0, 0.05) is 37.0 Å². The maximum absolute atomic E-state index is 11.5. The minimum atomic E-state index is -0.380. The molecule has 0 spiro atoms. The normalized spacial score (nSPS) is 22.0. The lowest BCUT2D eigenvalue weighted by molar-refractivity contribution is 0.1000. The molecule has 2 atom stereocenters. The van der Waals surface area contributed by atoms with Crippen molar-refractivity contribution in [2.24, 2.45) is 11.7 Å². The highest BCUT2D eigenvalue weighted by Gasteiger charge is 2.38. The van der Waals surface area contributed by atoms with Crippen LogP contribution in [0.15, 0.2) is 48.5 Å². The zero-order chi connectivity index (χ0) is 15.8. The predicted octanol–water partition coefficient (Wildman–Crippen LogP) is 2.82. The average molecular weight is 345 g/mol. The Hall–Kier alpha value is -2.04. The Balaban J connectivity index is 0.00000169. The van der Waals surface area contributed by atoms with Gasteiger partial charge in [-0.05, 0) is 29.3 Å². The fourth-order valence-electron chi connectivity index (χ4n) is 3.77. The van der Waals surface area contributed by atoms with Gasteiger partial charge >= 0.3 is 0 Å². The molecule has 2 heterocycles. The topological polar surface area (TPSA) is 55.6 Å². The van der Waals surface area contributed by atoms with Crippen molar-refractivity contribution in [1.29, 1.82) is 0 Å². The lowest BCUT2D eigenvalue weighted by Gasteiger charge is -2.28. The summed E-state index contributed by atoms with van der Waals surface area (Å²) >= 11 is 0. The number of ether oxygens (including phenoxy) is 1. The Labute approximate surface area is 148 Å². The van der Waals surface area contributed by atoms with Crippen molar-refractivity contribution in [3.05, 3.63) is 65.2 Å². The smallest absolute Gasteiger partial charge is 0.248 e. The third-order valence-electron chi connectivity index (χ3n) is 4.91. The van der Waals surface area contributed by atoms with E-state index in [9.17, 15) is 4.79 Å². The number of fused-ring (bicyclic) bond motifs is 3. The molecule has 4 nitrogen and oxygen atoms in total. The zero-order valence-corrected chi connectivity index (χ0v) is 14.2. The van der Waals surface area contributed by atoms with E-state index in [1.54, 1.807) is 6.07 Å². The van der Waals surface area contributed by atoms with Crippen LogP contribution in [0.3, 0.4) is 0 Å². The van der Waals surface area contributed by atoms with Crippen LogP contribution in [0.25, 0.3) is 0 Å². The molecular formula is C19H21ClN2O2. The summed E-state index contributed by atoms with van der Waals surface area (Å²) in [6, 6.07) is 16.1. The fraction of sp³-hybridized carbons (Fsp3) is 0.316. The molecule has 1 saturated heterocycles. The van der Waals surface area contributed by atoms with Gasteiger partial charge in [0.2, 0.25) is 5.91 Å². The van der Waals surface area contributed by atoms with E-state index in [0.29, 0.717) is 17.4 Å². The molecule has 2 aromatic carbocycles. The van der Waals surface area contributed by atoms with Crippen molar-refractivity contribution >= 4 is 18.3 Å². The number of carbonyl (C=O) groups excluding carboxylic acids is 1. The quantitative estimate of drug-likeness (QED) is 0.931. The summed E-state index contributed by atoms with van der Waals surface area (Å²) in [7, 11) is 0. The molecular weight excluding hydrogens is 324 g/mol. The Bertz CT molecular complexity index is 735. The second-order valence-corrected chi connectivity index (χ2v) is 6.47. The number of rotatable bonds is 3. The Morgan fingerprint density at radius 2 is 1.96 bits per heavy atom. The van der Waals surface area contributed by atoms with Crippen LogP contribution in [-0.2, 0) is 6.54 Å². The maximum Gasteiger partial charge on any atom is 0.248 e. The number of benzene rings is 2. The van der Waals surface area contributed by atoms with E-state index in [4.69, 9.17) is 10.5 Å². The monoisotopic (exact) mass is 344 g/mol. The van der Waals surface area contributed by atoms with Crippen LogP contribution >= 0.6 is 12.4 Å². The van der Waals surface area contributed by atoms with Gasteiger partial charge in [0.15, 0.2) is 0 Å². The van der Waals surface area contributed by atoms with E-state index in [1.807, 2.05) is 18.2 Å². The van der Waals surface area contributed by atoms with Gasteiger partial charge in [0.1, 0.15) is 5.75 Å². The highest BCUT2D eigenvalue weighted by molar-refractivity contribution is 5.93. The van der Waals surface area contributed by atoms with Gasteiger partial charge in [-0.15, -0.1) is 12.4 Å². The Morgan fingerprint density at radius 3 is 2.71 bits per heavy atom. The molecule has 0 aliphatic carbocycles. The van der Waals surface area contributed by atoms with Crippen molar-refractivity contribution in [2.75, 3.05) is 19.7 Å². The van der Waals surface area contributed by atoms with Crippen LogP contribution in [0.1, 0.15) is 27.4 Å². The van der Waals surface area contributed by atoms with Crippen molar-refractivity contribution < 1.29 is 9.53 Å². The molecule has 5 heteroatoms. The number of hydrogen-bond acceptors (Lipinski definition) is 3. The minimum Gasteiger partial charge on any atom is -0.493 e. The third kappa shape index (κ3) is 3.12. The summed E-state index contributed by atoms with van der Waals surface area (Å²) in [5.41, 5.74) is 8.45. The van der Waals surface area contributed by atoms with E-state index in [2.05, 4.69) is 29.2 Å². The lowest BCUT2D eigenvalue weighted by Crippen LogP contribution is -2.25. The molecule has 24 heavy (non-hydrogen) atoms.